The highest BCUT2D eigenvalue weighted by atomic mass is 16.3. The summed E-state index contributed by atoms with van der Waals surface area (Å²) in [6, 6.07) is 1.96. The predicted molar refractivity (Wildman–Crippen MR) is 104 cm³/mol. The summed E-state index contributed by atoms with van der Waals surface area (Å²) in [6.07, 6.45) is 8.94. The third-order valence-electron chi connectivity index (χ3n) is 5.73. The number of phenolic OH excluding ortho intramolecular Hbond substituents is 2. The maximum atomic E-state index is 13.0. The molecule has 0 aromatic heterocycles. The summed E-state index contributed by atoms with van der Waals surface area (Å²) >= 11 is 0. The van der Waals surface area contributed by atoms with E-state index in [1.54, 1.807) is 11.0 Å². The van der Waals surface area contributed by atoms with Crippen molar-refractivity contribution in [1.82, 2.24) is 4.90 Å². The Balaban J connectivity index is 2.03. The van der Waals surface area contributed by atoms with Gasteiger partial charge in [0.2, 0.25) is 0 Å². The van der Waals surface area contributed by atoms with E-state index in [2.05, 4.69) is 19.9 Å². The molecule has 2 aliphatic rings. The molecule has 1 heterocycles. The van der Waals surface area contributed by atoms with Crippen molar-refractivity contribution in [2.75, 3.05) is 6.54 Å². The summed E-state index contributed by atoms with van der Waals surface area (Å²) in [6.45, 7) is 6.98. The lowest BCUT2D eigenvalue weighted by molar-refractivity contribution is 0.0872. The van der Waals surface area contributed by atoms with Gasteiger partial charge in [-0.05, 0) is 57.6 Å². The van der Waals surface area contributed by atoms with Gasteiger partial charge in [0.1, 0.15) is 11.5 Å². The standard InChI is InChI=1S/C22H31NO3/c1-4-5-6-9-17-12-18(24)19(16-10-7-8-14(2)11-16)21(25)20(17)22(26)23-13-15(23)3/h11-12,15-16,24-25H,4-10,13H2,1-3H3/t15-,16?,23?/m0/s1. The molecule has 26 heavy (non-hydrogen) atoms. The van der Waals surface area contributed by atoms with Crippen molar-refractivity contribution in [2.45, 2.75) is 77.7 Å². The summed E-state index contributed by atoms with van der Waals surface area (Å²) in [5.74, 6) is 0.00256. The van der Waals surface area contributed by atoms with E-state index in [9.17, 15) is 15.0 Å². The highest BCUT2D eigenvalue weighted by molar-refractivity contribution is 6.00. The van der Waals surface area contributed by atoms with Crippen molar-refractivity contribution < 1.29 is 15.0 Å². The van der Waals surface area contributed by atoms with Gasteiger partial charge in [0.25, 0.3) is 5.91 Å². The van der Waals surface area contributed by atoms with Gasteiger partial charge in [-0.1, -0.05) is 31.4 Å². The van der Waals surface area contributed by atoms with Crippen LogP contribution >= 0.6 is 0 Å². The second-order valence-electron chi connectivity index (χ2n) is 7.97. The van der Waals surface area contributed by atoms with Gasteiger partial charge >= 0.3 is 0 Å². The molecule has 0 saturated carbocycles. The van der Waals surface area contributed by atoms with E-state index in [1.807, 2.05) is 6.92 Å². The molecule has 2 atom stereocenters. The van der Waals surface area contributed by atoms with E-state index in [-0.39, 0.29) is 29.4 Å². The molecule has 4 heteroatoms. The number of hydrogen-bond acceptors (Lipinski definition) is 3. The van der Waals surface area contributed by atoms with Crippen LogP contribution in [0.1, 0.15) is 86.7 Å². The Morgan fingerprint density at radius 2 is 2.04 bits per heavy atom. The van der Waals surface area contributed by atoms with Gasteiger partial charge in [-0.25, -0.2) is 0 Å². The van der Waals surface area contributed by atoms with Gasteiger partial charge in [0, 0.05) is 24.1 Å². The molecule has 3 rings (SSSR count). The summed E-state index contributed by atoms with van der Waals surface area (Å²) in [4.78, 5) is 14.8. The largest absolute Gasteiger partial charge is 0.507 e. The molecular weight excluding hydrogens is 326 g/mol. The third kappa shape index (κ3) is 3.74. The SMILES string of the molecule is CCCCCc1cc(O)c(C2C=C(C)CCC2)c(O)c1C(=O)N1C[C@@H]1C. The number of carbonyl (C=O) groups is 1. The fourth-order valence-corrected chi connectivity index (χ4v) is 4.09. The first kappa shape index (κ1) is 18.8. The molecule has 1 amide bonds. The Morgan fingerprint density at radius 3 is 2.65 bits per heavy atom. The minimum Gasteiger partial charge on any atom is -0.507 e. The van der Waals surface area contributed by atoms with Crippen molar-refractivity contribution in [1.29, 1.82) is 0 Å². The maximum absolute atomic E-state index is 13.0. The van der Waals surface area contributed by atoms with E-state index in [1.165, 1.54) is 5.57 Å². The molecule has 2 N–H and O–H groups in total. The van der Waals surface area contributed by atoms with Crippen LogP contribution < -0.4 is 0 Å². The fourth-order valence-electron chi connectivity index (χ4n) is 4.09. The second-order valence-corrected chi connectivity index (χ2v) is 7.97. The Kier molecular flexibility index (Phi) is 5.59. The lowest BCUT2D eigenvalue weighted by atomic mass is 9.83. The number of unbranched alkanes of at least 4 members (excludes halogenated alkanes) is 2. The van der Waals surface area contributed by atoms with Crippen molar-refractivity contribution in [3.05, 3.63) is 34.4 Å². The number of phenols is 2. The predicted octanol–water partition coefficient (Wildman–Crippen LogP) is 4.89. The zero-order chi connectivity index (χ0) is 18.8. The van der Waals surface area contributed by atoms with E-state index in [4.69, 9.17) is 0 Å². The van der Waals surface area contributed by atoms with Crippen LogP contribution in [0.2, 0.25) is 0 Å². The molecule has 0 bridgehead atoms. The van der Waals surface area contributed by atoms with Gasteiger partial charge in [-0.3, -0.25) is 4.79 Å². The van der Waals surface area contributed by atoms with Gasteiger partial charge in [0.15, 0.2) is 0 Å². The molecule has 1 aliphatic heterocycles. The van der Waals surface area contributed by atoms with Crippen molar-refractivity contribution in [3.8, 4) is 11.5 Å². The zero-order valence-corrected chi connectivity index (χ0v) is 16.2. The van der Waals surface area contributed by atoms with Crippen LogP contribution in [0.5, 0.6) is 11.5 Å². The topological polar surface area (TPSA) is 60.5 Å². The fraction of sp³-hybridized carbons (Fsp3) is 0.591. The Bertz CT molecular complexity index is 723. The number of allylic oxidation sites excluding steroid dienone is 2. The van der Waals surface area contributed by atoms with Crippen LogP contribution in [0, 0.1) is 0 Å². The monoisotopic (exact) mass is 357 g/mol. The quantitative estimate of drug-likeness (QED) is 0.433. The van der Waals surface area contributed by atoms with E-state index in [0.29, 0.717) is 17.5 Å². The molecular formula is C22H31NO3. The van der Waals surface area contributed by atoms with E-state index < -0.39 is 0 Å². The molecule has 1 saturated heterocycles. The second kappa shape index (κ2) is 7.73. The first-order valence-electron chi connectivity index (χ1n) is 10.00. The van der Waals surface area contributed by atoms with Crippen molar-refractivity contribution in [3.63, 3.8) is 0 Å². The lowest BCUT2D eigenvalue weighted by Gasteiger charge is -2.24. The molecule has 1 aliphatic carbocycles. The van der Waals surface area contributed by atoms with Crippen molar-refractivity contribution >= 4 is 5.91 Å². The average molecular weight is 357 g/mol. The Hall–Kier alpha value is -1.97. The smallest absolute Gasteiger partial charge is 0.258 e. The molecule has 142 valence electrons. The van der Waals surface area contributed by atoms with Gasteiger partial charge in [0.05, 0.1) is 5.56 Å². The van der Waals surface area contributed by atoms with Crippen LogP contribution in [0.25, 0.3) is 0 Å². The van der Waals surface area contributed by atoms with Crippen LogP contribution in [0.15, 0.2) is 17.7 Å². The number of rotatable bonds is 6. The van der Waals surface area contributed by atoms with E-state index in [0.717, 1.165) is 50.6 Å². The number of nitrogens with zero attached hydrogens (tertiary/aromatic N) is 1. The first-order chi connectivity index (χ1) is 12.4. The van der Waals surface area contributed by atoms with E-state index >= 15 is 0 Å². The van der Waals surface area contributed by atoms with Crippen LogP contribution in [0.4, 0.5) is 0 Å². The molecule has 4 nitrogen and oxygen atoms in total. The summed E-state index contributed by atoms with van der Waals surface area (Å²) in [5.41, 5.74) is 2.99. The third-order valence-corrected chi connectivity index (χ3v) is 5.73. The number of aromatic hydroxyl groups is 2. The van der Waals surface area contributed by atoms with Crippen LogP contribution in [0.3, 0.4) is 0 Å². The summed E-state index contributed by atoms with van der Waals surface area (Å²) < 4.78 is 0. The normalized spacial score (nSPS) is 22.3. The molecule has 1 aromatic carbocycles. The summed E-state index contributed by atoms with van der Waals surface area (Å²) in [7, 11) is 0. The average Bonchev–Trinajstić information content (AvgIpc) is 3.31. The van der Waals surface area contributed by atoms with Crippen molar-refractivity contribution in [2.24, 2.45) is 0 Å². The Morgan fingerprint density at radius 1 is 1.31 bits per heavy atom. The molecule has 1 unspecified atom stereocenters. The lowest BCUT2D eigenvalue weighted by Crippen LogP contribution is -2.17. The van der Waals surface area contributed by atoms with Crippen LogP contribution in [-0.4, -0.2) is 33.6 Å². The highest BCUT2D eigenvalue weighted by Gasteiger charge is 2.38. The number of carbonyl (C=O) groups excluding carboxylic acids is 1. The van der Waals surface area contributed by atoms with Gasteiger partial charge in [-0.15, -0.1) is 0 Å². The maximum Gasteiger partial charge on any atom is 0.258 e. The molecule has 1 aromatic rings. The number of aryl methyl sites for hydroxylation is 1. The summed E-state index contributed by atoms with van der Waals surface area (Å²) in [5, 5.41) is 21.7. The van der Waals surface area contributed by atoms with Gasteiger partial charge in [-0.2, -0.15) is 0 Å². The minimum atomic E-state index is -0.0979. The molecule has 0 spiro atoms. The molecule has 1 fully saturated rings. The molecule has 0 radical (unpaired) electrons. The Labute approximate surface area is 156 Å². The zero-order valence-electron chi connectivity index (χ0n) is 16.2. The minimum absolute atomic E-state index is 0.00320. The highest BCUT2D eigenvalue weighted by Crippen LogP contribution is 2.44. The number of benzene rings is 1. The number of hydrogen-bond donors (Lipinski definition) is 2. The first-order valence-corrected chi connectivity index (χ1v) is 10.00. The van der Waals surface area contributed by atoms with Crippen LogP contribution in [-0.2, 0) is 6.42 Å². The van der Waals surface area contributed by atoms with Gasteiger partial charge < -0.3 is 15.1 Å². The number of amides is 1.